The van der Waals surface area contributed by atoms with Crippen LogP contribution in [0.3, 0.4) is 0 Å². The fraction of sp³-hybridized carbons (Fsp3) is 0.952. The third kappa shape index (κ3) is 2.19. The summed E-state index contributed by atoms with van der Waals surface area (Å²) in [6, 6.07) is 0. The second-order valence-corrected chi connectivity index (χ2v) is 10.0. The van der Waals surface area contributed by atoms with Crippen molar-refractivity contribution in [3.63, 3.8) is 0 Å². The number of ketones is 1. The molecule has 0 radical (unpaired) electrons. The summed E-state index contributed by atoms with van der Waals surface area (Å²) < 4.78 is 0. The average Bonchev–Trinajstić information content (AvgIpc) is 2.84. The maximum Gasteiger partial charge on any atom is 0.133 e. The second-order valence-electron chi connectivity index (χ2n) is 10.0. The molecule has 2 unspecified atom stereocenters. The molecule has 4 saturated carbocycles. The molecule has 4 rings (SSSR count). The summed E-state index contributed by atoms with van der Waals surface area (Å²) in [5.74, 6) is 2.58. The molecule has 3 nitrogen and oxygen atoms in total. The van der Waals surface area contributed by atoms with E-state index in [0.29, 0.717) is 29.5 Å². The molecule has 2 N–H and O–H groups in total. The van der Waals surface area contributed by atoms with Crippen molar-refractivity contribution in [2.75, 3.05) is 0 Å². The van der Waals surface area contributed by atoms with Gasteiger partial charge in [-0.25, -0.2) is 0 Å². The summed E-state index contributed by atoms with van der Waals surface area (Å²) in [7, 11) is 0. The molecular formula is C21H34O3. The molecule has 24 heavy (non-hydrogen) atoms. The van der Waals surface area contributed by atoms with Crippen molar-refractivity contribution in [2.45, 2.75) is 84.3 Å². The quantitative estimate of drug-likeness (QED) is 0.771. The van der Waals surface area contributed by atoms with Crippen molar-refractivity contribution in [3.8, 4) is 0 Å². The predicted octanol–water partition coefficient (Wildman–Crippen LogP) is 3.57. The van der Waals surface area contributed by atoms with Gasteiger partial charge in [-0.15, -0.1) is 0 Å². The summed E-state index contributed by atoms with van der Waals surface area (Å²) >= 11 is 0. The Kier molecular flexibility index (Phi) is 3.93. The highest BCUT2D eigenvalue weighted by molar-refractivity contribution is 5.79. The van der Waals surface area contributed by atoms with E-state index >= 15 is 0 Å². The number of fused-ring (bicyclic) bond motifs is 5. The van der Waals surface area contributed by atoms with Crippen LogP contribution in [0.2, 0.25) is 0 Å². The maximum absolute atomic E-state index is 12.2. The van der Waals surface area contributed by atoms with Crippen molar-refractivity contribution in [3.05, 3.63) is 0 Å². The van der Waals surface area contributed by atoms with E-state index in [1.165, 1.54) is 12.8 Å². The standard InChI is InChI=1S/C21H34O3/c1-12(22)16-6-7-17-15-5-4-13-10-14(23)8-9-20(13,2)19(15)18(24)11-21(16,17)3/h13-19,23-24H,4-11H2,1-3H3/t13-,14+,15-,16?,17-,18?,19+,20-,21+/m0/s1. The minimum absolute atomic E-state index is 0.00376. The zero-order valence-corrected chi connectivity index (χ0v) is 15.5. The lowest BCUT2D eigenvalue weighted by atomic mass is 9.44. The number of aliphatic hydroxyl groups excluding tert-OH is 2. The first kappa shape index (κ1) is 17.0. The SMILES string of the molecule is CC(=O)C1CC[C@H]2[C@@H]3CC[C@H]4C[C@H](O)CC[C@]4(C)[C@H]3C(O)C[C@]12C. The van der Waals surface area contributed by atoms with Gasteiger partial charge in [-0.3, -0.25) is 4.79 Å². The maximum atomic E-state index is 12.2. The smallest absolute Gasteiger partial charge is 0.133 e. The van der Waals surface area contributed by atoms with Gasteiger partial charge < -0.3 is 10.2 Å². The fourth-order valence-corrected chi connectivity index (χ4v) is 8.03. The third-order valence-corrected chi connectivity index (χ3v) is 9.06. The Labute approximate surface area is 146 Å². The van der Waals surface area contributed by atoms with Crippen LogP contribution < -0.4 is 0 Å². The van der Waals surface area contributed by atoms with Gasteiger partial charge in [0.05, 0.1) is 12.2 Å². The number of hydrogen-bond donors (Lipinski definition) is 2. The van der Waals surface area contributed by atoms with Gasteiger partial charge in [0.2, 0.25) is 0 Å². The number of carbonyl (C=O) groups excluding carboxylic acids is 1. The summed E-state index contributed by atoms with van der Waals surface area (Å²) in [4.78, 5) is 12.2. The monoisotopic (exact) mass is 334 g/mol. The first-order valence-electron chi connectivity index (χ1n) is 10.1. The van der Waals surface area contributed by atoms with Gasteiger partial charge >= 0.3 is 0 Å². The van der Waals surface area contributed by atoms with Crippen molar-refractivity contribution < 1.29 is 15.0 Å². The van der Waals surface area contributed by atoms with E-state index in [2.05, 4.69) is 13.8 Å². The molecule has 136 valence electrons. The molecule has 4 aliphatic carbocycles. The van der Waals surface area contributed by atoms with Gasteiger partial charge in [-0.05, 0) is 92.8 Å². The third-order valence-electron chi connectivity index (χ3n) is 9.06. The zero-order valence-electron chi connectivity index (χ0n) is 15.5. The molecule has 0 heterocycles. The summed E-state index contributed by atoms with van der Waals surface area (Å²) in [5, 5.41) is 21.3. The molecule has 0 aromatic rings. The molecule has 0 aromatic heterocycles. The Balaban J connectivity index is 1.67. The zero-order chi connectivity index (χ0) is 17.3. The molecule has 0 saturated heterocycles. The summed E-state index contributed by atoms with van der Waals surface area (Å²) in [5.41, 5.74) is 0.182. The van der Waals surface area contributed by atoms with Crippen LogP contribution in [0.5, 0.6) is 0 Å². The van der Waals surface area contributed by atoms with Crippen LogP contribution in [-0.2, 0) is 4.79 Å². The highest BCUT2D eigenvalue weighted by Crippen LogP contribution is 2.67. The van der Waals surface area contributed by atoms with Crippen LogP contribution in [0.4, 0.5) is 0 Å². The van der Waals surface area contributed by atoms with E-state index in [1.54, 1.807) is 6.92 Å². The van der Waals surface area contributed by atoms with Gasteiger partial charge in [0, 0.05) is 5.92 Å². The van der Waals surface area contributed by atoms with Crippen LogP contribution in [0.15, 0.2) is 0 Å². The van der Waals surface area contributed by atoms with E-state index in [1.807, 2.05) is 0 Å². The van der Waals surface area contributed by atoms with Crippen LogP contribution in [-0.4, -0.2) is 28.2 Å². The minimum Gasteiger partial charge on any atom is -0.393 e. The van der Waals surface area contributed by atoms with E-state index in [-0.39, 0.29) is 29.0 Å². The van der Waals surface area contributed by atoms with E-state index in [0.717, 1.165) is 38.5 Å². The Hall–Kier alpha value is -0.410. The molecular weight excluding hydrogens is 300 g/mol. The number of hydrogen-bond acceptors (Lipinski definition) is 3. The molecule has 9 atom stereocenters. The summed E-state index contributed by atoms with van der Waals surface area (Å²) in [6.45, 7) is 6.43. The largest absolute Gasteiger partial charge is 0.393 e. The normalized spacial score (nSPS) is 57.0. The minimum atomic E-state index is -0.278. The van der Waals surface area contributed by atoms with Crippen molar-refractivity contribution in [2.24, 2.45) is 40.4 Å². The van der Waals surface area contributed by atoms with Crippen LogP contribution in [0, 0.1) is 40.4 Å². The lowest BCUT2D eigenvalue weighted by Gasteiger charge is -2.62. The van der Waals surface area contributed by atoms with Gasteiger partial charge in [-0.1, -0.05) is 13.8 Å². The Morgan fingerprint density at radius 3 is 2.46 bits per heavy atom. The van der Waals surface area contributed by atoms with Gasteiger partial charge in [0.15, 0.2) is 0 Å². The number of aliphatic hydroxyl groups is 2. The molecule has 3 heteroatoms. The lowest BCUT2D eigenvalue weighted by molar-refractivity contribution is -0.178. The van der Waals surface area contributed by atoms with Gasteiger partial charge in [0.25, 0.3) is 0 Å². The Bertz CT molecular complexity index is 531. The molecule has 0 spiro atoms. The van der Waals surface area contributed by atoms with Gasteiger partial charge in [-0.2, -0.15) is 0 Å². The number of carbonyl (C=O) groups is 1. The summed E-state index contributed by atoms with van der Waals surface area (Å²) in [6.07, 6.45) is 7.80. The fourth-order valence-electron chi connectivity index (χ4n) is 8.03. The highest BCUT2D eigenvalue weighted by atomic mass is 16.3. The van der Waals surface area contributed by atoms with Crippen molar-refractivity contribution >= 4 is 5.78 Å². The highest BCUT2D eigenvalue weighted by Gasteiger charge is 2.63. The van der Waals surface area contributed by atoms with E-state index < -0.39 is 0 Å². The Morgan fingerprint density at radius 2 is 1.75 bits per heavy atom. The molecule has 4 fully saturated rings. The Morgan fingerprint density at radius 1 is 1.00 bits per heavy atom. The van der Waals surface area contributed by atoms with E-state index in [4.69, 9.17) is 0 Å². The van der Waals surface area contributed by atoms with Crippen molar-refractivity contribution in [1.82, 2.24) is 0 Å². The first-order chi connectivity index (χ1) is 11.3. The van der Waals surface area contributed by atoms with E-state index in [9.17, 15) is 15.0 Å². The number of Topliss-reactive ketones (excluding diaryl/α,β-unsaturated/α-hetero) is 1. The molecule has 0 amide bonds. The first-order valence-corrected chi connectivity index (χ1v) is 10.1. The number of rotatable bonds is 1. The lowest BCUT2D eigenvalue weighted by Crippen LogP contribution is -2.59. The van der Waals surface area contributed by atoms with Crippen LogP contribution >= 0.6 is 0 Å². The average molecular weight is 335 g/mol. The van der Waals surface area contributed by atoms with Crippen LogP contribution in [0.1, 0.15) is 72.1 Å². The van der Waals surface area contributed by atoms with Gasteiger partial charge in [0.1, 0.15) is 5.78 Å². The molecule has 0 aliphatic heterocycles. The van der Waals surface area contributed by atoms with Crippen LogP contribution in [0.25, 0.3) is 0 Å². The topological polar surface area (TPSA) is 57.5 Å². The van der Waals surface area contributed by atoms with Crippen molar-refractivity contribution in [1.29, 1.82) is 0 Å². The second kappa shape index (κ2) is 5.54. The predicted molar refractivity (Wildman–Crippen MR) is 93.3 cm³/mol. The molecule has 4 aliphatic rings. The molecule has 0 bridgehead atoms. The molecule has 0 aromatic carbocycles.